The normalized spacial score (nSPS) is 17.5. The standard InChI is InChI=1S/C30H35N3O3/c1-35-27-18-25-13-16-33(29(24-11-4-3-5-12-24)26(25)19-28(27)36-2)30(34)31-20-22-9-8-10-23(17-22)21-32-14-6-7-15-32/h3-5,8-12,17-19,29H,6-7,13-16,20-21H2,1-2H3,(H,31,34). The Balaban J connectivity index is 1.36. The van der Waals surface area contributed by atoms with Gasteiger partial charge in [0.15, 0.2) is 11.5 Å². The first kappa shape index (κ1) is 24.2. The number of fused-ring (bicyclic) bond motifs is 1. The van der Waals surface area contributed by atoms with E-state index in [0.29, 0.717) is 18.8 Å². The second-order valence-electron chi connectivity index (χ2n) is 9.62. The largest absolute Gasteiger partial charge is 0.493 e. The number of nitrogens with one attached hydrogen (secondary N) is 1. The first-order valence-corrected chi connectivity index (χ1v) is 12.8. The Morgan fingerprint density at radius 1 is 0.889 bits per heavy atom. The van der Waals surface area contributed by atoms with E-state index in [1.807, 2.05) is 35.2 Å². The number of urea groups is 1. The van der Waals surface area contributed by atoms with Gasteiger partial charge in [0.05, 0.1) is 20.3 Å². The van der Waals surface area contributed by atoms with Gasteiger partial charge >= 0.3 is 6.03 Å². The Morgan fingerprint density at radius 3 is 2.36 bits per heavy atom. The Morgan fingerprint density at radius 2 is 1.61 bits per heavy atom. The fraction of sp³-hybridized carbons (Fsp3) is 0.367. The molecule has 188 valence electrons. The van der Waals surface area contributed by atoms with Crippen molar-refractivity contribution in [2.45, 2.75) is 38.4 Å². The molecular formula is C30H35N3O3. The lowest BCUT2D eigenvalue weighted by atomic mass is 9.88. The van der Waals surface area contributed by atoms with Gasteiger partial charge in [0.2, 0.25) is 0 Å². The van der Waals surface area contributed by atoms with Gasteiger partial charge < -0.3 is 19.7 Å². The van der Waals surface area contributed by atoms with Gasteiger partial charge in [0.25, 0.3) is 0 Å². The molecule has 6 nitrogen and oxygen atoms in total. The molecule has 0 spiro atoms. The van der Waals surface area contributed by atoms with Crippen LogP contribution in [-0.2, 0) is 19.5 Å². The maximum atomic E-state index is 13.6. The molecule has 0 bridgehead atoms. The van der Waals surface area contributed by atoms with E-state index >= 15 is 0 Å². The monoisotopic (exact) mass is 485 g/mol. The van der Waals surface area contributed by atoms with Crippen molar-refractivity contribution in [1.29, 1.82) is 0 Å². The minimum absolute atomic E-state index is 0.0609. The summed E-state index contributed by atoms with van der Waals surface area (Å²) < 4.78 is 11.1. The molecule has 2 aliphatic heterocycles. The molecular weight excluding hydrogens is 450 g/mol. The van der Waals surface area contributed by atoms with E-state index in [0.717, 1.165) is 35.4 Å². The SMILES string of the molecule is COc1cc2c(cc1OC)C(c1ccccc1)N(C(=O)NCc1cccc(CN3CCCC3)c1)CC2. The second-order valence-corrected chi connectivity index (χ2v) is 9.62. The number of hydrogen-bond acceptors (Lipinski definition) is 4. The Kier molecular flexibility index (Phi) is 7.42. The summed E-state index contributed by atoms with van der Waals surface area (Å²) in [7, 11) is 3.30. The number of carbonyl (C=O) groups is 1. The van der Waals surface area contributed by atoms with E-state index in [-0.39, 0.29) is 12.1 Å². The van der Waals surface area contributed by atoms with Crippen LogP contribution in [0.1, 0.15) is 46.7 Å². The highest BCUT2D eigenvalue weighted by Crippen LogP contribution is 2.41. The molecule has 36 heavy (non-hydrogen) atoms. The minimum atomic E-state index is -0.198. The number of rotatable bonds is 7. The number of carbonyl (C=O) groups excluding carboxylic acids is 1. The zero-order valence-electron chi connectivity index (χ0n) is 21.2. The van der Waals surface area contributed by atoms with Gasteiger partial charge in [-0.1, -0.05) is 54.6 Å². The van der Waals surface area contributed by atoms with Crippen LogP contribution in [0.25, 0.3) is 0 Å². The third-order valence-corrected chi connectivity index (χ3v) is 7.29. The summed E-state index contributed by atoms with van der Waals surface area (Å²) in [5, 5.41) is 3.19. The predicted octanol–water partition coefficient (Wildman–Crippen LogP) is 5.16. The summed E-state index contributed by atoms with van der Waals surface area (Å²) in [5.41, 5.74) is 5.76. The summed E-state index contributed by atoms with van der Waals surface area (Å²) in [6, 6.07) is 22.6. The van der Waals surface area contributed by atoms with E-state index in [2.05, 4.69) is 46.6 Å². The summed E-state index contributed by atoms with van der Waals surface area (Å²) >= 11 is 0. The molecule has 1 unspecified atom stereocenters. The zero-order valence-corrected chi connectivity index (χ0v) is 21.2. The molecule has 1 fully saturated rings. The lowest BCUT2D eigenvalue weighted by Crippen LogP contribution is -2.45. The first-order chi connectivity index (χ1) is 17.7. The molecule has 0 aromatic heterocycles. The van der Waals surface area contributed by atoms with Gasteiger partial charge in [-0.3, -0.25) is 4.90 Å². The second kappa shape index (κ2) is 11.0. The molecule has 5 rings (SSSR count). The van der Waals surface area contributed by atoms with Crippen LogP contribution in [0, 0.1) is 0 Å². The predicted molar refractivity (Wildman–Crippen MR) is 141 cm³/mol. The lowest BCUT2D eigenvalue weighted by Gasteiger charge is -2.38. The van der Waals surface area contributed by atoms with E-state index in [1.54, 1.807) is 14.2 Å². The summed E-state index contributed by atoms with van der Waals surface area (Å²) in [5.74, 6) is 1.39. The highest BCUT2D eigenvalue weighted by molar-refractivity contribution is 5.76. The van der Waals surface area contributed by atoms with Gasteiger partial charge in [0, 0.05) is 19.6 Å². The van der Waals surface area contributed by atoms with Gasteiger partial charge in [-0.05, 0) is 72.3 Å². The maximum Gasteiger partial charge on any atom is 0.318 e. The van der Waals surface area contributed by atoms with Crippen LogP contribution in [0.5, 0.6) is 11.5 Å². The molecule has 3 aromatic rings. The summed E-state index contributed by atoms with van der Waals surface area (Å²) in [4.78, 5) is 18.0. The third kappa shape index (κ3) is 5.19. The number of methoxy groups -OCH3 is 2. The molecule has 0 radical (unpaired) electrons. The average Bonchev–Trinajstić information content (AvgIpc) is 3.44. The van der Waals surface area contributed by atoms with Crippen molar-refractivity contribution in [2.24, 2.45) is 0 Å². The van der Waals surface area contributed by atoms with E-state index in [9.17, 15) is 4.79 Å². The van der Waals surface area contributed by atoms with Crippen molar-refractivity contribution < 1.29 is 14.3 Å². The van der Waals surface area contributed by atoms with Crippen molar-refractivity contribution >= 4 is 6.03 Å². The average molecular weight is 486 g/mol. The van der Waals surface area contributed by atoms with Crippen molar-refractivity contribution in [1.82, 2.24) is 15.1 Å². The summed E-state index contributed by atoms with van der Waals surface area (Å²) in [6.45, 7) is 4.46. The molecule has 3 aromatic carbocycles. The highest BCUT2D eigenvalue weighted by Gasteiger charge is 2.33. The first-order valence-electron chi connectivity index (χ1n) is 12.8. The van der Waals surface area contributed by atoms with Crippen molar-refractivity contribution in [2.75, 3.05) is 33.9 Å². The lowest BCUT2D eigenvalue weighted by molar-refractivity contribution is 0.179. The molecule has 0 saturated carbocycles. The van der Waals surface area contributed by atoms with Crippen molar-refractivity contribution in [3.63, 3.8) is 0 Å². The quantitative estimate of drug-likeness (QED) is 0.503. The van der Waals surface area contributed by atoms with Crippen LogP contribution in [0.15, 0.2) is 66.7 Å². The van der Waals surface area contributed by atoms with Gasteiger partial charge in [-0.2, -0.15) is 0 Å². The van der Waals surface area contributed by atoms with Crippen LogP contribution in [0.2, 0.25) is 0 Å². The van der Waals surface area contributed by atoms with Crippen molar-refractivity contribution in [3.8, 4) is 11.5 Å². The molecule has 0 aliphatic carbocycles. The van der Waals surface area contributed by atoms with Crippen LogP contribution >= 0.6 is 0 Å². The fourth-order valence-electron chi connectivity index (χ4n) is 5.48. The topological polar surface area (TPSA) is 54.0 Å². The number of ether oxygens (including phenoxy) is 2. The van der Waals surface area contributed by atoms with Crippen molar-refractivity contribution in [3.05, 3.63) is 94.5 Å². The Bertz CT molecular complexity index is 1190. The highest BCUT2D eigenvalue weighted by atomic mass is 16.5. The van der Waals surface area contributed by atoms with Crippen LogP contribution in [-0.4, -0.2) is 49.7 Å². The van der Waals surface area contributed by atoms with Gasteiger partial charge in [0.1, 0.15) is 0 Å². The smallest absolute Gasteiger partial charge is 0.318 e. The Hall–Kier alpha value is -3.51. The van der Waals surface area contributed by atoms with Crippen LogP contribution < -0.4 is 14.8 Å². The van der Waals surface area contributed by atoms with E-state index in [4.69, 9.17) is 9.47 Å². The van der Waals surface area contributed by atoms with Crippen LogP contribution in [0.3, 0.4) is 0 Å². The molecule has 1 saturated heterocycles. The molecule has 6 heteroatoms. The molecule has 2 heterocycles. The molecule has 2 aliphatic rings. The number of nitrogens with zero attached hydrogens (tertiary/aromatic N) is 2. The minimum Gasteiger partial charge on any atom is -0.493 e. The third-order valence-electron chi connectivity index (χ3n) is 7.29. The molecule has 1 atom stereocenters. The Labute approximate surface area is 213 Å². The molecule has 2 amide bonds. The fourth-order valence-corrected chi connectivity index (χ4v) is 5.48. The number of benzene rings is 3. The zero-order chi connectivity index (χ0) is 24.9. The van der Waals surface area contributed by atoms with Gasteiger partial charge in [-0.15, -0.1) is 0 Å². The van der Waals surface area contributed by atoms with E-state index in [1.165, 1.54) is 37.1 Å². The van der Waals surface area contributed by atoms with E-state index < -0.39 is 0 Å². The summed E-state index contributed by atoms with van der Waals surface area (Å²) in [6.07, 6.45) is 3.34. The molecule has 1 N–H and O–H groups in total. The number of hydrogen-bond donors (Lipinski definition) is 1. The van der Waals surface area contributed by atoms with Gasteiger partial charge in [-0.25, -0.2) is 4.79 Å². The number of likely N-dealkylation sites (tertiary alicyclic amines) is 1. The van der Waals surface area contributed by atoms with Crippen LogP contribution in [0.4, 0.5) is 4.79 Å². The maximum absolute atomic E-state index is 13.6. The number of amides is 2.